The zero-order valence-electron chi connectivity index (χ0n) is 13.8. The lowest BCUT2D eigenvalue weighted by Crippen LogP contribution is -2.32. The molecule has 126 valence electrons. The molecule has 0 fully saturated rings. The summed E-state index contributed by atoms with van der Waals surface area (Å²) in [5, 5.41) is 7.33. The second-order valence-electron chi connectivity index (χ2n) is 5.70. The van der Waals surface area contributed by atoms with Gasteiger partial charge in [-0.25, -0.2) is 4.68 Å². The highest BCUT2D eigenvalue weighted by Crippen LogP contribution is 2.38. The minimum Gasteiger partial charge on any atom is -0.493 e. The van der Waals surface area contributed by atoms with E-state index >= 15 is 0 Å². The largest absolute Gasteiger partial charge is 0.493 e. The van der Waals surface area contributed by atoms with Gasteiger partial charge in [-0.15, -0.1) is 0 Å². The van der Waals surface area contributed by atoms with E-state index in [1.165, 1.54) is 6.33 Å². The van der Waals surface area contributed by atoms with E-state index < -0.39 is 11.9 Å². The number of unbranched alkanes of at least 4 members (excludes halogenated alkanes) is 1. The van der Waals surface area contributed by atoms with Crippen LogP contribution in [-0.2, 0) is 4.79 Å². The number of rotatable bonds is 6. The van der Waals surface area contributed by atoms with Crippen LogP contribution in [0.1, 0.15) is 38.3 Å². The molecule has 3 N–H and O–H groups in total. The number of anilines is 1. The number of hydrogen-bond donors (Lipinski definition) is 2. The third-order valence-corrected chi connectivity index (χ3v) is 4.03. The second-order valence-corrected chi connectivity index (χ2v) is 5.70. The average Bonchev–Trinajstić information content (AvgIpc) is 3.02. The Labute approximate surface area is 140 Å². The number of benzene rings is 1. The molecule has 1 aliphatic heterocycles. The molecule has 2 heterocycles. The molecule has 0 saturated heterocycles. The minimum absolute atomic E-state index is 0.458. The van der Waals surface area contributed by atoms with E-state index in [4.69, 9.17) is 10.5 Å². The van der Waals surface area contributed by atoms with E-state index in [9.17, 15) is 4.79 Å². The number of ether oxygens (including phenoxy) is 1. The van der Waals surface area contributed by atoms with Crippen LogP contribution >= 0.6 is 0 Å². The predicted octanol–water partition coefficient (Wildman–Crippen LogP) is 2.23. The predicted molar refractivity (Wildman–Crippen MR) is 90.5 cm³/mol. The molecular formula is C17H21N5O2. The molecule has 1 amide bonds. The van der Waals surface area contributed by atoms with Crippen LogP contribution in [0.5, 0.6) is 5.75 Å². The summed E-state index contributed by atoms with van der Waals surface area (Å²) >= 11 is 0. The summed E-state index contributed by atoms with van der Waals surface area (Å²) < 4.78 is 7.59. The zero-order chi connectivity index (χ0) is 17.1. The van der Waals surface area contributed by atoms with Crippen molar-refractivity contribution in [3.8, 4) is 5.75 Å². The van der Waals surface area contributed by atoms with Crippen molar-refractivity contribution in [2.24, 2.45) is 5.73 Å². The Morgan fingerprint density at radius 2 is 2.21 bits per heavy atom. The van der Waals surface area contributed by atoms with E-state index in [2.05, 4.69) is 22.3 Å². The monoisotopic (exact) mass is 327 g/mol. The van der Waals surface area contributed by atoms with E-state index in [1.54, 1.807) is 4.68 Å². The number of fused-ring (bicyclic) bond motifs is 1. The summed E-state index contributed by atoms with van der Waals surface area (Å²) in [6, 6.07) is 7.19. The zero-order valence-corrected chi connectivity index (χ0v) is 13.8. The summed E-state index contributed by atoms with van der Waals surface area (Å²) in [6.45, 7) is 4.55. The fourth-order valence-electron chi connectivity index (χ4n) is 2.86. The summed E-state index contributed by atoms with van der Waals surface area (Å²) in [5.41, 5.74) is 7.62. The standard InChI is InChI=1S/C17H21N5O2/c1-3-4-9-24-13-8-6-5-7-12(13)15-14(16(18)23)11(2)21-17-19-10-20-22(15)17/h5-8,10,15H,3-4,9H2,1-2H3,(H2,18,23)(H,19,20,21)/t15-/m0/s1. The van der Waals surface area contributed by atoms with Gasteiger partial charge in [0.1, 0.15) is 18.1 Å². The Kier molecular flexibility index (Phi) is 4.50. The maximum Gasteiger partial charge on any atom is 0.248 e. The fourth-order valence-corrected chi connectivity index (χ4v) is 2.86. The molecule has 2 aromatic rings. The molecule has 0 unspecified atom stereocenters. The van der Waals surface area contributed by atoms with Crippen LogP contribution in [0.4, 0.5) is 5.95 Å². The molecule has 0 saturated carbocycles. The first kappa shape index (κ1) is 16.0. The topological polar surface area (TPSA) is 95.1 Å². The van der Waals surface area contributed by atoms with E-state index in [0.717, 1.165) is 24.2 Å². The van der Waals surface area contributed by atoms with Crippen LogP contribution in [0.25, 0.3) is 0 Å². The Morgan fingerprint density at radius 1 is 1.42 bits per heavy atom. The molecule has 7 nitrogen and oxygen atoms in total. The van der Waals surface area contributed by atoms with Crippen molar-refractivity contribution in [1.29, 1.82) is 0 Å². The van der Waals surface area contributed by atoms with Crippen LogP contribution in [0, 0.1) is 0 Å². The number of hydrogen-bond acceptors (Lipinski definition) is 5. The van der Waals surface area contributed by atoms with Gasteiger partial charge < -0.3 is 15.8 Å². The van der Waals surface area contributed by atoms with Crippen molar-refractivity contribution in [3.63, 3.8) is 0 Å². The number of nitrogens with zero attached hydrogens (tertiary/aromatic N) is 3. The first-order valence-corrected chi connectivity index (χ1v) is 8.02. The number of allylic oxidation sites excluding steroid dienone is 1. The Bertz CT molecular complexity index is 781. The first-order valence-electron chi connectivity index (χ1n) is 8.02. The third-order valence-electron chi connectivity index (χ3n) is 4.03. The van der Waals surface area contributed by atoms with Crippen LogP contribution in [0.15, 0.2) is 41.9 Å². The molecule has 0 spiro atoms. The van der Waals surface area contributed by atoms with Crippen molar-refractivity contribution >= 4 is 11.9 Å². The molecule has 7 heteroatoms. The van der Waals surface area contributed by atoms with E-state index in [1.807, 2.05) is 31.2 Å². The number of para-hydroxylation sites is 1. The number of amides is 1. The van der Waals surface area contributed by atoms with Crippen LogP contribution in [0.3, 0.4) is 0 Å². The Hall–Kier alpha value is -2.83. The van der Waals surface area contributed by atoms with Crippen LogP contribution < -0.4 is 15.8 Å². The highest BCUT2D eigenvalue weighted by Gasteiger charge is 2.33. The number of nitrogens with one attached hydrogen (secondary N) is 1. The first-order chi connectivity index (χ1) is 11.6. The Balaban J connectivity index is 2.08. The highest BCUT2D eigenvalue weighted by atomic mass is 16.5. The number of primary amides is 1. The third kappa shape index (κ3) is 2.84. The normalized spacial score (nSPS) is 16.5. The number of aromatic nitrogens is 3. The van der Waals surface area contributed by atoms with Gasteiger partial charge in [-0.05, 0) is 19.4 Å². The van der Waals surface area contributed by atoms with Gasteiger partial charge in [-0.3, -0.25) is 4.79 Å². The number of carbonyl (C=O) groups excluding carboxylic acids is 1. The quantitative estimate of drug-likeness (QED) is 0.793. The maximum atomic E-state index is 12.1. The summed E-state index contributed by atoms with van der Waals surface area (Å²) in [7, 11) is 0. The van der Waals surface area contributed by atoms with Crippen molar-refractivity contribution in [3.05, 3.63) is 47.4 Å². The minimum atomic E-state index is -0.491. The van der Waals surface area contributed by atoms with Crippen LogP contribution in [0.2, 0.25) is 0 Å². The van der Waals surface area contributed by atoms with Gasteiger partial charge in [-0.1, -0.05) is 31.5 Å². The van der Waals surface area contributed by atoms with Crippen molar-refractivity contribution in [2.45, 2.75) is 32.7 Å². The van der Waals surface area contributed by atoms with Crippen molar-refractivity contribution < 1.29 is 9.53 Å². The SMILES string of the molecule is CCCCOc1ccccc1[C@H]1C(C(N)=O)=C(C)Nc2ncnn21. The van der Waals surface area contributed by atoms with E-state index in [-0.39, 0.29) is 0 Å². The average molecular weight is 327 g/mol. The molecule has 1 aliphatic rings. The molecule has 0 radical (unpaired) electrons. The molecule has 3 rings (SSSR count). The molecule has 24 heavy (non-hydrogen) atoms. The van der Waals surface area contributed by atoms with Gasteiger partial charge in [-0.2, -0.15) is 10.1 Å². The molecule has 1 atom stereocenters. The second kappa shape index (κ2) is 6.74. The van der Waals surface area contributed by atoms with Gasteiger partial charge in [0.2, 0.25) is 11.9 Å². The molecule has 1 aromatic carbocycles. The van der Waals surface area contributed by atoms with Gasteiger partial charge >= 0.3 is 0 Å². The van der Waals surface area contributed by atoms with E-state index in [0.29, 0.717) is 23.8 Å². The van der Waals surface area contributed by atoms with Gasteiger partial charge in [0.05, 0.1) is 12.2 Å². The van der Waals surface area contributed by atoms with Gasteiger partial charge in [0.15, 0.2) is 0 Å². The van der Waals surface area contributed by atoms with Crippen molar-refractivity contribution in [1.82, 2.24) is 14.8 Å². The highest BCUT2D eigenvalue weighted by molar-refractivity contribution is 5.95. The van der Waals surface area contributed by atoms with Gasteiger partial charge in [0, 0.05) is 11.3 Å². The van der Waals surface area contributed by atoms with Crippen LogP contribution in [-0.4, -0.2) is 27.3 Å². The number of carbonyl (C=O) groups is 1. The lowest BCUT2D eigenvalue weighted by atomic mass is 9.94. The lowest BCUT2D eigenvalue weighted by molar-refractivity contribution is -0.115. The Morgan fingerprint density at radius 3 is 2.96 bits per heavy atom. The summed E-state index contributed by atoms with van der Waals surface area (Å²) in [5.74, 6) is 0.811. The summed E-state index contributed by atoms with van der Waals surface area (Å²) in [6.07, 6.45) is 3.47. The molecule has 0 bridgehead atoms. The molecule has 1 aromatic heterocycles. The lowest BCUT2D eigenvalue weighted by Gasteiger charge is -2.28. The fraction of sp³-hybridized carbons (Fsp3) is 0.353. The smallest absolute Gasteiger partial charge is 0.248 e. The maximum absolute atomic E-state index is 12.1. The summed E-state index contributed by atoms with van der Waals surface area (Å²) in [4.78, 5) is 16.3. The molecular weight excluding hydrogens is 306 g/mol. The van der Waals surface area contributed by atoms with Crippen molar-refractivity contribution in [2.75, 3.05) is 11.9 Å². The number of nitrogens with two attached hydrogens (primary N) is 1. The molecule has 0 aliphatic carbocycles. The van der Waals surface area contributed by atoms with Gasteiger partial charge in [0.25, 0.3) is 0 Å².